The van der Waals surface area contributed by atoms with Crippen molar-refractivity contribution in [2.45, 2.75) is 20.0 Å². The molecule has 0 unspecified atom stereocenters. The summed E-state index contributed by atoms with van der Waals surface area (Å²) in [5, 5.41) is 5.87. The molecule has 0 atom stereocenters. The van der Waals surface area contributed by atoms with Crippen molar-refractivity contribution in [2.75, 3.05) is 18.9 Å². The highest BCUT2D eigenvalue weighted by Gasteiger charge is 2.05. The Hall–Kier alpha value is -2.04. The lowest BCUT2D eigenvalue weighted by Crippen LogP contribution is -2.19. The Balaban J connectivity index is 0.00000264. The molecule has 0 saturated heterocycles. The first kappa shape index (κ1) is 19.0. The van der Waals surface area contributed by atoms with Crippen LogP contribution in [0.3, 0.4) is 0 Å². The number of halogens is 1. The first-order chi connectivity index (χ1) is 10.7. The topological polar surface area (TPSA) is 50.4 Å². The number of ether oxygens (including phenoxy) is 1. The normalized spacial score (nSPS) is 9.83. The Bertz CT molecular complexity index is 618. The smallest absolute Gasteiger partial charge is 0.225 e. The zero-order valence-corrected chi connectivity index (χ0v) is 14.3. The van der Waals surface area contributed by atoms with Crippen molar-refractivity contribution in [3.8, 4) is 5.75 Å². The Morgan fingerprint density at radius 1 is 1.13 bits per heavy atom. The first-order valence-electron chi connectivity index (χ1n) is 7.41. The van der Waals surface area contributed by atoms with Crippen molar-refractivity contribution in [1.29, 1.82) is 0 Å². The monoisotopic (exact) mass is 334 g/mol. The van der Waals surface area contributed by atoms with Gasteiger partial charge in [0.2, 0.25) is 5.91 Å². The van der Waals surface area contributed by atoms with Gasteiger partial charge in [-0.1, -0.05) is 30.3 Å². The Labute approximate surface area is 143 Å². The lowest BCUT2D eigenvalue weighted by atomic mass is 10.2. The summed E-state index contributed by atoms with van der Waals surface area (Å²) in [6.45, 7) is 3.17. The number of hydrogen-bond acceptors (Lipinski definition) is 3. The van der Waals surface area contributed by atoms with Gasteiger partial charge < -0.3 is 15.4 Å². The van der Waals surface area contributed by atoms with E-state index < -0.39 is 0 Å². The molecule has 0 radical (unpaired) electrons. The third-order valence-corrected chi connectivity index (χ3v) is 3.32. The Morgan fingerprint density at radius 2 is 1.87 bits per heavy atom. The van der Waals surface area contributed by atoms with Crippen LogP contribution in [-0.2, 0) is 11.4 Å². The van der Waals surface area contributed by atoms with Crippen LogP contribution in [0.5, 0.6) is 5.75 Å². The summed E-state index contributed by atoms with van der Waals surface area (Å²) in [6, 6.07) is 15.7. The molecule has 2 rings (SSSR count). The summed E-state index contributed by atoms with van der Waals surface area (Å²) >= 11 is 0. The second kappa shape index (κ2) is 9.87. The third-order valence-electron chi connectivity index (χ3n) is 3.32. The van der Waals surface area contributed by atoms with Crippen molar-refractivity contribution >= 4 is 24.0 Å². The molecule has 4 nitrogen and oxygen atoms in total. The average molecular weight is 335 g/mol. The van der Waals surface area contributed by atoms with Crippen LogP contribution in [0.25, 0.3) is 0 Å². The Morgan fingerprint density at radius 3 is 2.52 bits per heavy atom. The fraction of sp³-hybridized carbons (Fsp3) is 0.278. The Kier molecular flexibility index (Phi) is 8.16. The number of amides is 1. The summed E-state index contributed by atoms with van der Waals surface area (Å²) < 4.78 is 5.78. The van der Waals surface area contributed by atoms with Gasteiger partial charge in [0.05, 0.1) is 0 Å². The zero-order valence-electron chi connectivity index (χ0n) is 13.5. The van der Waals surface area contributed by atoms with E-state index in [4.69, 9.17) is 4.74 Å². The summed E-state index contributed by atoms with van der Waals surface area (Å²) in [7, 11) is 1.83. The number of hydrogen-bond donors (Lipinski definition) is 2. The molecule has 0 heterocycles. The number of benzene rings is 2. The van der Waals surface area contributed by atoms with E-state index in [0.29, 0.717) is 19.6 Å². The molecule has 2 aromatic rings. The molecule has 0 aliphatic rings. The average Bonchev–Trinajstić information content (AvgIpc) is 2.54. The van der Waals surface area contributed by atoms with Gasteiger partial charge >= 0.3 is 0 Å². The van der Waals surface area contributed by atoms with Crippen molar-refractivity contribution < 1.29 is 9.53 Å². The van der Waals surface area contributed by atoms with Gasteiger partial charge in [0, 0.05) is 18.7 Å². The molecule has 0 bridgehead atoms. The van der Waals surface area contributed by atoms with E-state index in [1.54, 1.807) is 0 Å². The number of nitrogens with one attached hydrogen (secondary N) is 2. The van der Waals surface area contributed by atoms with Crippen LogP contribution in [0.1, 0.15) is 17.5 Å². The highest BCUT2D eigenvalue weighted by molar-refractivity contribution is 5.91. The second-order valence-electron chi connectivity index (χ2n) is 5.15. The van der Waals surface area contributed by atoms with Gasteiger partial charge in [0.1, 0.15) is 12.4 Å². The maximum Gasteiger partial charge on any atom is 0.225 e. The summed E-state index contributed by atoms with van der Waals surface area (Å²) in [5.74, 6) is 0.810. The number of carbonyl (C=O) groups excluding carboxylic acids is 1. The fourth-order valence-corrected chi connectivity index (χ4v) is 2.06. The molecule has 0 saturated carbocycles. The van der Waals surface area contributed by atoms with E-state index in [1.807, 2.05) is 62.5 Å². The molecule has 0 aliphatic heterocycles. The van der Waals surface area contributed by atoms with Crippen LogP contribution >= 0.6 is 12.4 Å². The summed E-state index contributed by atoms with van der Waals surface area (Å²) in [4.78, 5) is 11.7. The van der Waals surface area contributed by atoms with Gasteiger partial charge in [-0.3, -0.25) is 4.79 Å². The number of carbonyl (C=O) groups is 1. The molecule has 1 amide bonds. The minimum absolute atomic E-state index is 0. The van der Waals surface area contributed by atoms with Crippen LogP contribution in [0.2, 0.25) is 0 Å². The molecular formula is C18H23ClN2O2. The van der Waals surface area contributed by atoms with Gasteiger partial charge in [0.15, 0.2) is 0 Å². The molecule has 124 valence electrons. The lowest BCUT2D eigenvalue weighted by molar-refractivity contribution is -0.116. The summed E-state index contributed by atoms with van der Waals surface area (Å²) in [6.07, 6.45) is 0.461. The zero-order chi connectivity index (χ0) is 15.8. The second-order valence-corrected chi connectivity index (χ2v) is 5.15. The number of rotatable bonds is 7. The van der Waals surface area contributed by atoms with Crippen LogP contribution in [0.15, 0.2) is 48.5 Å². The predicted octanol–water partition coefficient (Wildman–Crippen LogP) is 3.54. The van der Waals surface area contributed by atoms with Gasteiger partial charge in [0.25, 0.3) is 0 Å². The molecule has 0 fully saturated rings. The first-order valence-corrected chi connectivity index (χ1v) is 7.41. The standard InChI is InChI=1S/C18H22N2O2.ClH/c1-14-12-16(22-13-15-6-4-3-5-7-15)8-9-17(14)20-18(21)10-11-19-2;/h3-9,12,19H,10-11,13H2,1-2H3,(H,20,21);1H. The highest BCUT2D eigenvalue weighted by atomic mass is 35.5. The molecule has 23 heavy (non-hydrogen) atoms. The van der Waals surface area contributed by atoms with E-state index >= 15 is 0 Å². The van der Waals surface area contributed by atoms with E-state index in [-0.39, 0.29) is 18.3 Å². The van der Waals surface area contributed by atoms with Gasteiger partial charge in [-0.25, -0.2) is 0 Å². The number of aryl methyl sites for hydroxylation is 1. The van der Waals surface area contributed by atoms with Crippen LogP contribution in [-0.4, -0.2) is 19.5 Å². The van der Waals surface area contributed by atoms with E-state index in [9.17, 15) is 4.79 Å². The fourth-order valence-electron chi connectivity index (χ4n) is 2.06. The quantitative estimate of drug-likeness (QED) is 0.814. The van der Waals surface area contributed by atoms with Gasteiger partial charge in [-0.05, 0) is 43.3 Å². The van der Waals surface area contributed by atoms with E-state index in [1.165, 1.54) is 0 Å². The largest absolute Gasteiger partial charge is 0.489 e. The van der Waals surface area contributed by atoms with Crippen molar-refractivity contribution in [3.05, 3.63) is 59.7 Å². The molecule has 2 N–H and O–H groups in total. The molecule has 0 aliphatic carbocycles. The van der Waals surface area contributed by atoms with Crippen molar-refractivity contribution in [3.63, 3.8) is 0 Å². The molecule has 0 aromatic heterocycles. The molecule has 2 aromatic carbocycles. The molecular weight excluding hydrogens is 312 g/mol. The van der Waals surface area contributed by atoms with Crippen LogP contribution in [0, 0.1) is 6.92 Å². The minimum Gasteiger partial charge on any atom is -0.489 e. The van der Waals surface area contributed by atoms with E-state index in [2.05, 4.69) is 10.6 Å². The lowest BCUT2D eigenvalue weighted by Gasteiger charge is -2.11. The summed E-state index contributed by atoms with van der Waals surface area (Å²) in [5.41, 5.74) is 2.95. The highest BCUT2D eigenvalue weighted by Crippen LogP contribution is 2.22. The third kappa shape index (κ3) is 6.30. The van der Waals surface area contributed by atoms with Crippen molar-refractivity contribution in [1.82, 2.24) is 5.32 Å². The molecule has 5 heteroatoms. The SMILES string of the molecule is CNCCC(=O)Nc1ccc(OCc2ccccc2)cc1C.Cl. The van der Waals surface area contributed by atoms with Crippen molar-refractivity contribution in [2.24, 2.45) is 0 Å². The van der Waals surface area contributed by atoms with E-state index in [0.717, 1.165) is 22.6 Å². The van der Waals surface area contributed by atoms with Crippen LogP contribution < -0.4 is 15.4 Å². The van der Waals surface area contributed by atoms with Gasteiger partial charge in [-0.2, -0.15) is 0 Å². The minimum atomic E-state index is 0. The molecule has 0 spiro atoms. The maximum absolute atomic E-state index is 11.7. The maximum atomic E-state index is 11.7. The number of anilines is 1. The predicted molar refractivity (Wildman–Crippen MR) is 96.4 cm³/mol. The van der Waals surface area contributed by atoms with Crippen LogP contribution in [0.4, 0.5) is 5.69 Å². The van der Waals surface area contributed by atoms with Gasteiger partial charge in [-0.15, -0.1) is 12.4 Å².